The van der Waals surface area contributed by atoms with Crippen LogP contribution in [0.5, 0.6) is 0 Å². The summed E-state index contributed by atoms with van der Waals surface area (Å²) in [6.07, 6.45) is 8.03. The fourth-order valence-electron chi connectivity index (χ4n) is 3.80. The zero-order valence-corrected chi connectivity index (χ0v) is 16.1. The third kappa shape index (κ3) is 4.44. The Labute approximate surface area is 154 Å². The molecule has 3 rings (SSSR count). The van der Waals surface area contributed by atoms with E-state index in [0.717, 1.165) is 31.2 Å². The van der Waals surface area contributed by atoms with Gasteiger partial charge in [0.05, 0.1) is 23.4 Å². The van der Waals surface area contributed by atoms with Gasteiger partial charge in [-0.1, -0.05) is 18.0 Å². The van der Waals surface area contributed by atoms with E-state index in [1.165, 1.54) is 0 Å². The van der Waals surface area contributed by atoms with Gasteiger partial charge in [0.1, 0.15) is 0 Å². The fraction of sp³-hybridized carbons (Fsp3) is 0.706. The number of rotatable bonds is 6. The van der Waals surface area contributed by atoms with Gasteiger partial charge in [0, 0.05) is 30.9 Å². The number of carbonyl (C=O) groups excluding carboxylic acids is 1. The summed E-state index contributed by atoms with van der Waals surface area (Å²) in [5.41, 5.74) is 1.47. The first-order chi connectivity index (χ1) is 12.4. The summed E-state index contributed by atoms with van der Waals surface area (Å²) in [5.74, 6) is 0.0438. The number of nitrogens with zero attached hydrogens (tertiary/aromatic N) is 4. The Morgan fingerprint density at radius 2 is 2.08 bits per heavy atom. The quantitative estimate of drug-likeness (QED) is 0.543. The molecule has 1 saturated heterocycles. The molecule has 0 radical (unpaired) electrons. The van der Waals surface area contributed by atoms with Crippen LogP contribution >= 0.6 is 0 Å². The van der Waals surface area contributed by atoms with Crippen LogP contribution in [-0.2, 0) is 26.5 Å². The van der Waals surface area contributed by atoms with E-state index in [-0.39, 0.29) is 36.1 Å². The van der Waals surface area contributed by atoms with E-state index in [1.54, 1.807) is 22.7 Å². The lowest BCUT2D eigenvalue weighted by Crippen LogP contribution is -2.48. The highest BCUT2D eigenvalue weighted by Gasteiger charge is 2.39. The number of aryl methyl sites for hydroxylation is 1. The van der Waals surface area contributed by atoms with Crippen LogP contribution in [0.15, 0.2) is 17.5 Å². The Morgan fingerprint density at radius 1 is 1.35 bits per heavy atom. The molecule has 1 amide bonds. The van der Waals surface area contributed by atoms with Crippen molar-refractivity contribution in [2.75, 3.05) is 18.1 Å². The molecule has 2 fully saturated rings. The third-order valence-corrected chi connectivity index (χ3v) is 6.87. The molecule has 0 spiro atoms. The molecular weight excluding hydrogens is 356 g/mol. The van der Waals surface area contributed by atoms with Crippen molar-refractivity contribution >= 4 is 21.5 Å². The minimum absolute atomic E-state index is 0.0627. The Hall–Kier alpha value is -1.90. The van der Waals surface area contributed by atoms with Gasteiger partial charge < -0.3 is 9.74 Å². The molecule has 1 aromatic rings. The van der Waals surface area contributed by atoms with Crippen molar-refractivity contribution in [3.63, 3.8) is 0 Å². The van der Waals surface area contributed by atoms with E-state index in [4.69, 9.17) is 4.84 Å². The predicted octanol–water partition coefficient (Wildman–Crippen LogP) is 1.12. The van der Waals surface area contributed by atoms with E-state index in [0.29, 0.717) is 12.1 Å². The number of amides is 1. The molecule has 26 heavy (non-hydrogen) atoms. The minimum Gasteiger partial charge on any atom is -0.385 e. The summed E-state index contributed by atoms with van der Waals surface area (Å²) in [7, 11) is -1.23. The van der Waals surface area contributed by atoms with Crippen LogP contribution < -0.4 is 0 Å². The second kappa shape index (κ2) is 7.77. The van der Waals surface area contributed by atoms with Crippen LogP contribution in [0.1, 0.15) is 44.6 Å². The molecule has 1 aliphatic heterocycles. The molecule has 0 aromatic carbocycles. The second-order valence-corrected chi connectivity index (χ2v) is 9.38. The standard InChI is InChI=1S/C17H26N4O4S/c1-13(14-9-18-20(2)10-14)19-25-11-17(22)21(15-5-3-4-6-15)16-7-8-26(23,24)12-16/h9-10,15-16H,3-8,11-12H2,1-2H3/b19-13-. The highest BCUT2D eigenvalue weighted by Crippen LogP contribution is 2.29. The van der Waals surface area contributed by atoms with Crippen LogP contribution in [0.4, 0.5) is 0 Å². The highest BCUT2D eigenvalue weighted by molar-refractivity contribution is 7.91. The average Bonchev–Trinajstić information content (AvgIpc) is 3.30. The molecule has 1 aromatic heterocycles. The molecule has 0 N–H and O–H groups in total. The molecule has 2 heterocycles. The molecule has 144 valence electrons. The summed E-state index contributed by atoms with van der Waals surface area (Å²) < 4.78 is 25.4. The monoisotopic (exact) mass is 382 g/mol. The smallest absolute Gasteiger partial charge is 0.263 e. The van der Waals surface area contributed by atoms with Crippen molar-refractivity contribution in [1.82, 2.24) is 14.7 Å². The van der Waals surface area contributed by atoms with Crippen LogP contribution in [0.2, 0.25) is 0 Å². The number of oxime groups is 1. The third-order valence-electron chi connectivity index (χ3n) is 5.12. The lowest BCUT2D eigenvalue weighted by atomic mass is 10.1. The van der Waals surface area contributed by atoms with Crippen LogP contribution in [-0.4, -0.2) is 64.9 Å². The van der Waals surface area contributed by atoms with E-state index in [1.807, 2.05) is 13.2 Å². The van der Waals surface area contributed by atoms with Gasteiger partial charge >= 0.3 is 0 Å². The molecule has 1 atom stereocenters. The van der Waals surface area contributed by atoms with Gasteiger partial charge in [-0.15, -0.1) is 0 Å². The lowest BCUT2D eigenvalue weighted by Gasteiger charge is -2.33. The number of carbonyl (C=O) groups is 1. The van der Waals surface area contributed by atoms with Crippen molar-refractivity contribution in [2.45, 2.75) is 51.1 Å². The predicted molar refractivity (Wildman–Crippen MR) is 97.5 cm³/mol. The molecule has 1 aliphatic carbocycles. The van der Waals surface area contributed by atoms with E-state index < -0.39 is 9.84 Å². The Bertz CT molecular complexity index is 780. The van der Waals surface area contributed by atoms with Gasteiger partial charge in [0.25, 0.3) is 5.91 Å². The van der Waals surface area contributed by atoms with Crippen molar-refractivity contribution in [3.8, 4) is 0 Å². The van der Waals surface area contributed by atoms with Crippen molar-refractivity contribution in [2.24, 2.45) is 12.2 Å². The van der Waals surface area contributed by atoms with Crippen molar-refractivity contribution < 1.29 is 18.0 Å². The Kier molecular flexibility index (Phi) is 5.64. The summed E-state index contributed by atoms with van der Waals surface area (Å²) in [6, 6.07) is -0.115. The lowest BCUT2D eigenvalue weighted by molar-refractivity contribution is -0.140. The molecule has 1 unspecified atom stereocenters. The van der Waals surface area contributed by atoms with Crippen molar-refractivity contribution in [3.05, 3.63) is 18.0 Å². The summed E-state index contributed by atoms with van der Waals surface area (Å²) in [5, 5.41) is 8.09. The zero-order valence-electron chi connectivity index (χ0n) is 15.3. The maximum Gasteiger partial charge on any atom is 0.263 e. The number of sulfone groups is 1. The topological polar surface area (TPSA) is 93.9 Å². The number of hydrogen-bond donors (Lipinski definition) is 0. The van der Waals surface area contributed by atoms with Gasteiger partial charge in [0.15, 0.2) is 16.4 Å². The molecule has 9 heteroatoms. The average molecular weight is 382 g/mol. The van der Waals surface area contributed by atoms with Crippen LogP contribution in [0.25, 0.3) is 0 Å². The Morgan fingerprint density at radius 3 is 2.65 bits per heavy atom. The second-order valence-electron chi connectivity index (χ2n) is 7.15. The molecule has 1 saturated carbocycles. The maximum absolute atomic E-state index is 12.8. The van der Waals surface area contributed by atoms with Gasteiger partial charge in [-0.2, -0.15) is 5.10 Å². The summed E-state index contributed by atoms with van der Waals surface area (Å²) in [6.45, 7) is 1.62. The van der Waals surface area contributed by atoms with Crippen LogP contribution in [0, 0.1) is 0 Å². The minimum atomic E-state index is -3.04. The summed E-state index contributed by atoms with van der Waals surface area (Å²) in [4.78, 5) is 19.8. The molecule has 0 bridgehead atoms. The van der Waals surface area contributed by atoms with E-state index in [2.05, 4.69) is 10.3 Å². The van der Waals surface area contributed by atoms with Gasteiger partial charge in [-0.05, 0) is 26.2 Å². The summed E-state index contributed by atoms with van der Waals surface area (Å²) >= 11 is 0. The molecular formula is C17H26N4O4S. The molecule has 8 nitrogen and oxygen atoms in total. The highest BCUT2D eigenvalue weighted by atomic mass is 32.2. The first-order valence-electron chi connectivity index (χ1n) is 9.03. The maximum atomic E-state index is 12.8. The van der Waals surface area contributed by atoms with E-state index in [9.17, 15) is 13.2 Å². The normalized spacial score (nSPS) is 23.3. The fourth-order valence-corrected chi connectivity index (χ4v) is 5.51. The van der Waals surface area contributed by atoms with Gasteiger partial charge in [0.2, 0.25) is 0 Å². The van der Waals surface area contributed by atoms with Crippen LogP contribution in [0.3, 0.4) is 0 Å². The SMILES string of the molecule is C/C(=N/OCC(=O)N(C1CCCC1)C1CCS(=O)(=O)C1)c1cnn(C)c1. The van der Waals surface area contributed by atoms with Gasteiger partial charge in [-0.3, -0.25) is 9.48 Å². The molecule has 2 aliphatic rings. The number of hydrogen-bond acceptors (Lipinski definition) is 6. The first kappa shape index (κ1) is 18.9. The number of aromatic nitrogens is 2. The Balaban J connectivity index is 1.64. The first-order valence-corrected chi connectivity index (χ1v) is 10.8. The van der Waals surface area contributed by atoms with E-state index >= 15 is 0 Å². The van der Waals surface area contributed by atoms with Crippen molar-refractivity contribution in [1.29, 1.82) is 0 Å². The zero-order chi connectivity index (χ0) is 18.7. The largest absolute Gasteiger partial charge is 0.385 e. The van der Waals surface area contributed by atoms with Gasteiger partial charge in [-0.25, -0.2) is 8.42 Å².